The van der Waals surface area contributed by atoms with Crippen LogP contribution in [0.4, 0.5) is 0 Å². The molecule has 0 radical (unpaired) electrons. The molecule has 0 spiro atoms. The number of rotatable bonds is 6. The molecule has 0 bridgehead atoms. The normalized spacial score (nSPS) is 32.1. The van der Waals surface area contributed by atoms with Gasteiger partial charge in [0.2, 0.25) is 0 Å². The van der Waals surface area contributed by atoms with Crippen molar-refractivity contribution in [3.8, 4) is 0 Å². The van der Waals surface area contributed by atoms with Gasteiger partial charge in [-0.2, -0.15) is 0 Å². The Bertz CT molecular complexity index is 781. The minimum atomic E-state index is -1.46. The van der Waals surface area contributed by atoms with Crippen molar-refractivity contribution in [1.82, 2.24) is 0 Å². The number of allylic oxidation sites excluding steroid dienone is 1. The molecule has 4 atom stereocenters. The first-order chi connectivity index (χ1) is 13.4. The maximum Gasteiger partial charge on any atom is 0.324 e. The number of ether oxygens (including phenoxy) is 1. The molecule has 2 aliphatic rings. The van der Waals surface area contributed by atoms with Gasteiger partial charge in [-0.05, 0) is 23.8 Å². The third-order valence-electron chi connectivity index (χ3n) is 6.58. The maximum atomic E-state index is 13.6. The average molecular weight is 383 g/mol. The maximum absolute atomic E-state index is 13.6. The first kappa shape index (κ1) is 20.5. The molecule has 4 nitrogen and oxygen atoms in total. The first-order valence-electron chi connectivity index (χ1n) is 10.3. The summed E-state index contributed by atoms with van der Waals surface area (Å²) >= 11 is 0. The number of esters is 1. The van der Waals surface area contributed by atoms with E-state index in [0.29, 0.717) is 6.42 Å². The number of fused-ring (bicyclic) bond motifs is 1. The van der Waals surface area contributed by atoms with Crippen LogP contribution in [0.15, 0.2) is 42.5 Å². The molecule has 1 fully saturated rings. The van der Waals surface area contributed by atoms with Gasteiger partial charge < -0.3 is 4.74 Å². The van der Waals surface area contributed by atoms with Crippen LogP contribution >= 0.6 is 0 Å². The van der Waals surface area contributed by atoms with Crippen molar-refractivity contribution in [2.24, 2.45) is 16.7 Å². The second-order valence-corrected chi connectivity index (χ2v) is 8.55. The summed E-state index contributed by atoms with van der Waals surface area (Å²) in [7, 11) is 1.29. The zero-order valence-electron chi connectivity index (χ0n) is 17.1. The third-order valence-corrected chi connectivity index (χ3v) is 6.58. The van der Waals surface area contributed by atoms with E-state index >= 15 is 0 Å². The van der Waals surface area contributed by atoms with E-state index in [2.05, 4.69) is 13.8 Å². The van der Waals surface area contributed by atoms with Crippen LogP contribution in [0.1, 0.15) is 63.9 Å². The summed E-state index contributed by atoms with van der Waals surface area (Å²) in [5.74, 6) is -1.97. The van der Waals surface area contributed by atoms with E-state index < -0.39 is 23.2 Å². The Kier molecular flexibility index (Phi) is 5.87. The largest absolute Gasteiger partial charge is 0.468 e. The van der Waals surface area contributed by atoms with Crippen molar-refractivity contribution in [3.63, 3.8) is 0 Å². The van der Waals surface area contributed by atoms with Crippen LogP contribution in [0.2, 0.25) is 0 Å². The Balaban J connectivity index is 2.00. The Labute approximate surface area is 167 Å². The molecule has 0 unspecified atom stereocenters. The number of carbonyl (C=O) groups is 3. The van der Waals surface area contributed by atoms with Crippen LogP contribution in [-0.4, -0.2) is 24.6 Å². The van der Waals surface area contributed by atoms with E-state index in [0.717, 1.165) is 31.2 Å². The van der Waals surface area contributed by atoms with Gasteiger partial charge in [0.25, 0.3) is 0 Å². The number of Topliss-reactive ketones (excluding diaryl/α,β-unsaturated/α-hetero) is 2. The number of hydrogen-bond acceptors (Lipinski definition) is 4. The van der Waals surface area contributed by atoms with E-state index in [4.69, 9.17) is 4.74 Å². The molecule has 1 aromatic carbocycles. The number of benzene rings is 1. The summed E-state index contributed by atoms with van der Waals surface area (Å²) in [5, 5.41) is 0. The van der Waals surface area contributed by atoms with Gasteiger partial charge >= 0.3 is 5.97 Å². The molecule has 0 aromatic heterocycles. The van der Waals surface area contributed by atoms with Gasteiger partial charge in [0.05, 0.1) is 7.11 Å². The molecule has 0 amide bonds. The van der Waals surface area contributed by atoms with Crippen LogP contribution < -0.4 is 0 Å². The molecule has 150 valence electrons. The predicted molar refractivity (Wildman–Crippen MR) is 108 cm³/mol. The zero-order chi connectivity index (χ0) is 20.4. The molecule has 4 heteroatoms. The lowest BCUT2D eigenvalue weighted by atomic mass is 9.53. The van der Waals surface area contributed by atoms with Gasteiger partial charge in [0, 0.05) is 18.3 Å². The highest BCUT2D eigenvalue weighted by atomic mass is 16.5. The van der Waals surface area contributed by atoms with Gasteiger partial charge in [-0.25, -0.2) is 0 Å². The monoisotopic (exact) mass is 382 g/mol. The fourth-order valence-electron chi connectivity index (χ4n) is 4.88. The minimum Gasteiger partial charge on any atom is -0.468 e. The van der Waals surface area contributed by atoms with E-state index in [1.807, 2.05) is 36.4 Å². The van der Waals surface area contributed by atoms with Gasteiger partial charge in [0.1, 0.15) is 5.78 Å². The summed E-state index contributed by atoms with van der Waals surface area (Å²) in [4.78, 5) is 39.5. The van der Waals surface area contributed by atoms with Crippen molar-refractivity contribution in [1.29, 1.82) is 0 Å². The standard InChI is InChI=1S/C24H30O4/c1-4-5-9-12-23(2)13-14-24(22(27)28-3)19(16-23)21(26)18(15-20(24)25)17-10-7-6-8-11-17/h6-8,10-11,13-14,18-19H,4-5,9,12,15-16H2,1-3H3/t18-,19-,23-,24+/m0/s1. The Morgan fingerprint density at radius 1 is 1.14 bits per heavy atom. The highest BCUT2D eigenvalue weighted by Gasteiger charge is 2.61. The highest BCUT2D eigenvalue weighted by Crippen LogP contribution is 2.53. The average Bonchev–Trinajstić information content (AvgIpc) is 2.71. The summed E-state index contributed by atoms with van der Waals surface area (Å²) in [5.41, 5.74) is -0.797. The Hall–Kier alpha value is -2.23. The van der Waals surface area contributed by atoms with Crippen molar-refractivity contribution in [2.45, 2.75) is 58.3 Å². The molecule has 1 aromatic rings. The summed E-state index contributed by atoms with van der Waals surface area (Å²) in [6.45, 7) is 4.29. The quantitative estimate of drug-likeness (QED) is 0.311. The molecule has 0 N–H and O–H groups in total. The molecular weight excluding hydrogens is 352 g/mol. The Morgan fingerprint density at radius 2 is 1.86 bits per heavy atom. The van der Waals surface area contributed by atoms with E-state index in [1.165, 1.54) is 7.11 Å². The van der Waals surface area contributed by atoms with Crippen molar-refractivity contribution in [2.75, 3.05) is 7.11 Å². The van der Waals surface area contributed by atoms with E-state index in [-0.39, 0.29) is 23.4 Å². The predicted octanol–water partition coefficient (Wildman–Crippen LogP) is 4.63. The smallest absolute Gasteiger partial charge is 0.324 e. The topological polar surface area (TPSA) is 60.4 Å². The summed E-state index contributed by atoms with van der Waals surface area (Å²) in [6, 6.07) is 9.43. The number of unbranched alkanes of at least 4 members (excludes halogenated alkanes) is 2. The van der Waals surface area contributed by atoms with Gasteiger partial charge in [-0.1, -0.05) is 75.6 Å². The molecule has 0 heterocycles. The fourth-order valence-corrected chi connectivity index (χ4v) is 4.88. The van der Waals surface area contributed by atoms with Crippen LogP contribution in [0, 0.1) is 16.7 Å². The van der Waals surface area contributed by atoms with E-state index in [9.17, 15) is 14.4 Å². The lowest BCUT2D eigenvalue weighted by Crippen LogP contribution is -2.56. The zero-order valence-corrected chi connectivity index (χ0v) is 17.1. The van der Waals surface area contributed by atoms with Crippen LogP contribution in [-0.2, 0) is 19.1 Å². The molecule has 2 aliphatic carbocycles. The Morgan fingerprint density at radius 3 is 2.50 bits per heavy atom. The number of carbonyl (C=O) groups excluding carboxylic acids is 3. The van der Waals surface area contributed by atoms with Crippen LogP contribution in [0.5, 0.6) is 0 Å². The van der Waals surface area contributed by atoms with Gasteiger partial charge in [0.15, 0.2) is 11.2 Å². The molecule has 0 saturated heterocycles. The molecule has 3 rings (SSSR count). The number of ketones is 2. The van der Waals surface area contributed by atoms with Crippen molar-refractivity contribution < 1.29 is 19.1 Å². The van der Waals surface area contributed by atoms with Crippen molar-refractivity contribution >= 4 is 17.5 Å². The lowest BCUT2D eigenvalue weighted by Gasteiger charge is -2.47. The highest BCUT2D eigenvalue weighted by molar-refractivity contribution is 6.15. The number of hydrogen-bond donors (Lipinski definition) is 0. The summed E-state index contributed by atoms with van der Waals surface area (Å²) < 4.78 is 5.01. The third kappa shape index (κ3) is 3.45. The molecule has 28 heavy (non-hydrogen) atoms. The fraction of sp³-hybridized carbons (Fsp3) is 0.542. The van der Waals surface area contributed by atoms with E-state index in [1.54, 1.807) is 6.08 Å². The number of methoxy groups -OCH3 is 1. The second kappa shape index (κ2) is 8.02. The van der Waals surface area contributed by atoms with Gasteiger partial charge in [-0.15, -0.1) is 0 Å². The SMILES string of the molecule is CCCCC[C@@]1(C)C=C[C@]2(C(=O)OC)C(=O)C[C@@H](c3ccccc3)C(=O)[C@@H]2C1. The summed E-state index contributed by atoms with van der Waals surface area (Å²) in [6.07, 6.45) is 8.52. The van der Waals surface area contributed by atoms with Gasteiger partial charge in [-0.3, -0.25) is 14.4 Å². The first-order valence-corrected chi connectivity index (χ1v) is 10.3. The molecular formula is C24H30O4. The minimum absolute atomic E-state index is 0.0118. The molecule has 0 aliphatic heterocycles. The molecule has 1 saturated carbocycles. The lowest BCUT2D eigenvalue weighted by molar-refractivity contribution is -0.166. The van der Waals surface area contributed by atoms with Crippen molar-refractivity contribution in [3.05, 3.63) is 48.0 Å². The van der Waals surface area contributed by atoms with Crippen LogP contribution in [0.25, 0.3) is 0 Å². The van der Waals surface area contributed by atoms with Crippen LogP contribution in [0.3, 0.4) is 0 Å². The second-order valence-electron chi connectivity index (χ2n) is 8.55.